The number of hydrogen-bond acceptors (Lipinski definition) is 9. The molecule has 1 aromatic carbocycles. The van der Waals surface area contributed by atoms with Crippen LogP contribution in [0.2, 0.25) is 0 Å². The largest absolute Gasteiger partial charge is 0.459 e. The maximum absolute atomic E-state index is 14.3. The predicted molar refractivity (Wildman–Crippen MR) is 157 cm³/mol. The Balaban J connectivity index is 1.28. The molecule has 1 amide bonds. The van der Waals surface area contributed by atoms with Gasteiger partial charge in [-0.3, -0.25) is 9.69 Å². The highest BCUT2D eigenvalue weighted by molar-refractivity contribution is 5.97. The van der Waals surface area contributed by atoms with Crippen molar-refractivity contribution < 1.29 is 23.4 Å². The molecule has 2 fully saturated rings. The molecule has 0 N–H and O–H groups in total. The molecule has 1 atom stereocenters. The fourth-order valence-electron chi connectivity index (χ4n) is 6.68. The van der Waals surface area contributed by atoms with E-state index in [1.54, 1.807) is 17.4 Å². The number of benzene rings is 1. The third kappa shape index (κ3) is 6.30. The second kappa shape index (κ2) is 12.4. The number of halogens is 1. The number of hydrogen-bond donors (Lipinski definition) is 0. The van der Waals surface area contributed by atoms with Crippen molar-refractivity contribution in [1.82, 2.24) is 25.0 Å². The second-order valence-electron chi connectivity index (χ2n) is 12.7. The molecule has 228 valence electrons. The van der Waals surface area contributed by atoms with E-state index in [0.717, 1.165) is 45.4 Å². The molecule has 0 aliphatic carbocycles. The first kappa shape index (κ1) is 30.0. The smallest absolute Gasteiger partial charge is 0.282 e. The average molecular weight is 583 g/mol. The van der Waals surface area contributed by atoms with Gasteiger partial charge in [0.25, 0.3) is 11.8 Å². The highest BCUT2D eigenvalue weighted by Crippen LogP contribution is 2.44. The quantitative estimate of drug-likeness (QED) is 0.353. The molecule has 0 bridgehead atoms. The molecule has 5 rings (SSSR count). The van der Waals surface area contributed by atoms with E-state index in [0.29, 0.717) is 17.8 Å². The summed E-state index contributed by atoms with van der Waals surface area (Å²) in [5.41, 5.74) is 0.314. The molecular formula is C31H43FN6O4. The van der Waals surface area contributed by atoms with E-state index >= 15 is 0 Å². The highest BCUT2D eigenvalue weighted by Gasteiger charge is 2.50. The molecule has 2 saturated heterocycles. The Morgan fingerprint density at radius 3 is 2.50 bits per heavy atom. The van der Waals surface area contributed by atoms with Crippen LogP contribution in [0.5, 0.6) is 11.6 Å². The summed E-state index contributed by atoms with van der Waals surface area (Å²) in [5.74, 6) is 0.727. The van der Waals surface area contributed by atoms with Gasteiger partial charge in [-0.25, -0.2) is 9.37 Å². The zero-order chi connectivity index (χ0) is 30.0. The predicted octanol–water partition coefficient (Wildman–Crippen LogP) is 5.22. The van der Waals surface area contributed by atoms with Crippen LogP contribution in [0.4, 0.5) is 10.2 Å². The SMILES string of the molecule is CC(C)C(CCC1OC=CO1)N1CC2(CCN(c3ncnnc3Oc3ccc(F)cc3C(=O)N(C(C)C)C(C)C)C2)C1. The summed E-state index contributed by atoms with van der Waals surface area (Å²) in [7, 11) is 0. The molecule has 1 unspecified atom stereocenters. The van der Waals surface area contributed by atoms with Gasteiger partial charge in [0, 0.05) is 56.1 Å². The number of amides is 1. The van der Waals surface area contributed by atoms with E-state index in [4.69, 9.17) is 14.2 Å². The van der Waals surface area contributed by atoms with Gasteiger partial charge in [0.15, 0.2) is 5.82 Å². The fraction of sp³-hybridized carbons (Fsp3) is 0.613. The van der Waals surface area contributed by atoms with E-state index in [1.165, 1.54) is 24.5 Å². The summed E-state index contributed by atoms with van der Waals surface area (Å²) in [6, 6.07) is 4.30. The van der Waals surface area contributed by atoms with Crippen molar-refractivity contribution in [3.05, 3.63) is 48.4 Å². The summed E-state index contributed by atoms with van der Waals surface area (Å²) < 4.78 is 31.5. The molecule has 2 aromatic rings. The normalized spacial score (nSPS) is 19.0. The molecule has 0 saturated carbocycles. The standard InChI is InChI=1S/C31H43FN6O4/c1-20(2)25(8-10-27-40-13-14-41-27)37-17-31(18-37)11-12-36(16-31)28-29(35-34-19-33-28)42-26-9-7-23(32)15-24(26)30(39)38(21(3)4)22(5)6/h7,9,13-15,19-22,25,27H,8,10-12,16-18H2,1-6H3. The van der Waals surface area contributed by atoms with Crippen molar-refractivity contribution in [2.45, 2.75) is 85.2 Å². The summed E-state index contributed by atoms with van der Waals surface area (Å²) in [5, 5.41) is 8.20. The first-order chi connectivity index (χ1) is 20.1. The Kier molecular flexibility index (Phi) is 8.86. The molecule has 10 nitrogen and oxygen atoms in total. The van der Waals surface area contributed by atoms with Crippen LogP contribution < -0.4 is 9.64 Å². The number of carbonyl (C=O) groups excluding carboxylic acids is 1. The zero-order valence-corrected chi connectivity index (χ0v) is 25.5. The Morgan fingerprint density at radius 2 is 1.83 bits per heavy atom. The molecule has 1 spiro atoms. The lowest BCUT2D eigenvalue weighted by molar-refractivity contribution is -0.0594. The van der Waals surface area contributed by atoms with Gasteiger partial charge >= 0.3 is 0 Å². The Morgan fingerprint density at radius 1 is 1.12 bits per heavy atom. The Hall–Kier alpha value is -3.47. The maximum atomic E-state index is 14.3. The van der Waals surface area contributed by atoms with Crippen LogP contribution in [0.15, 0.2) is 37.1 Å². The van der Waals surface area contributed by atoms with Crippen LogP contribution >= 0.6 is 0 Å². The van der Waals surface area contributed by atoms with Gasteiger partial charge in [-0.1, -0.05) is 13.8 Å². The molecule has 3 aliphatic heterocycles. The second-order valence-corrected chi connectivity index (χ2v) is 12.7. The van der Waals surface area contributed by atoms with E-state index in [-0.39, 0.29) is 46.9 Å². The summed E-state index contributed by atoms with van der Waals surface area (Å²) in [6.07, 6.45) is 7.37. The van der Waals surface area contributed by atoms with Crippen LogP contribution in [0.25, 0.3) is 0 Å². The lowest BCUT2D eigenvalue weighted by Gasteiger charge is -2.53. The topological polar surface area (TPSA) is 93.1 Å². The number of nitrogens with zero attached hydrogens (tertiary/aromatic N) is 6. The van der Waals surface area contributed by atoms with Crippen LogP contribution in [0.3, 0.4) is 0 Å². The minimum Gasteiger partial charge on any atom is -0.459 e. The van der Waals surface area contributed by atoms with Gasteiger partial charge in [-0.15, -0.1) is 10.2 Å². The number of carbonyl (C=O) groups is 1. The van der Waals surface area contributed by atoms with Gasteiger partial charge in [-0.05, 0) is 64.7 Å². The van der Waals surface area contributed by atoms with Crippen molar-refractivity contribution in [2.75, 3.05) is 31.1 Å². The van der Waals surface area contributed by atoms with Crippen molar-refractivity contribution in [3.8, 4) is 11.6 Å². The number of ether oxygens (including phenoxy) is 3. The lowest BCUT2D eigenvalue weighted by atomic mass is 9.76. The summed E-state index contributed by atoms with van der Waals surface area (Å²) in [4.78, 5) is 24.5. The highest BCUT2D eigenvalue weighted by atomic mass is 19.1. The van der Waals surface area contributed by atoms with E-state index in [2.05, 4.69) is 38.8 Å². The summed E-state index contributed by atoms with van der Waals surface area (Å²) >= 11 is 0. The van der Waals surface area contributed by atoms with Gasteiger partial charge in [0.1, 0.15) is 30.4 Å². The minimum absolute atomic E-state index is 0.0677. The van der Waals surface area contributed by atoms with Crippen LogP contribution in [0, 0.1) is 17.2 Å². The molecular weight excluding hydrogens is 539 g/mol. The Bertz CT molecular complexity index is 1270. The zero-order valence-electron chi connectivity index (χ0n) is 25.5. The molecule has 11 heteroatoms. The molecule has 1 aromatic heterocycles. The first-order valence-corrected chi connectivity index (χ1v) is 15.0. The van der Waals surface area contributed by atoms with E-state index < -0.39 is 5.82 Å². The molecule has 4 heterocycles. The van der Waals surface area contributed by atoms with Gasteiger partial charge in [-0.2, -0.15) is 0 Å². The number of rotatable bonds is 11. The third-order valence-corrected chi connectivity index (χ3v) is 8.57. The van der Waals surface area contributed by atoms with E-state index in [9.17, 15) is 9.18 Å². The van der Waals surface area contributed by atoms with Crippen molar-refractivity contribution >= 4 is 11.7 Å². The van der Waals surface area contributed by atoms with Crippen LogP contribution in [-0.2, 0) is 9.47 Å². The van der Waals surface area contributed by atoms with Crippen molar-refractivity contribution in [3.63, 3.8) is 0 Å². The van der Waals surface area contributed by atoms with Crippen LogP contribution in [0.1, 0.15) is 71.2 Å². The molecule has 0 radical (unpaired) electrons. The number of aromatic nitrogens is 3. The van der Waals surface area contributed by atoms with E-state index in [1.807, 2.05) is 27.7 Å². The number of anilines is 1. The number of likely N-dealkylation sites (tertiary alicyclic amines) is 1. The molecule has 3 aliphatic rings. The lowest BCUT2D eigenvalue weighted by Crippen LogP contribution is -2.62. The van der Waals surface area contributed by atoms with Crippen molar-refractivity contribution in [2.24, 2.45) is 11.3 Å². The van der Waals surface area contributed by atoms with Gasteiger partial charge in [0.2, 0.25) is 6.29 Å². The first-order valence-electron chi connectivity index (χ1n) is 15.0. The van der Waals surface area contributed by atoms with Crippen molar-refractivity contribution in [1.29, 1.82) is 0 Å². The Labute approximate surface area is 247 Å². The molecule has 42 heavy (non-hydrogen) atoms. The minimum atomic E-state index is -0.508. The van der Waals surface area contributed by atoms with Crippen LogP contribution in [-0.4, -0.2) is 81.5 Å². The monoisotopic (exact) mass is 582 g/mol. The average Bonchev–Trinajstić information content (AvgIpc) is 3.60. The van der Waals surface area contributed by atoms with Gasteiger partial charge < -0.3 is 24.0 Å². The fourth-order valence-corrected chi connectivity index (χ4v) is 6.68. The third-order valence-electron chi connectivity index (χ3n) is 8.57. The van der Waals surface area contributed by atoms with Gasteiger partial charge in [0.05, 0.1) is 5.56 Å². The maximum Gasteiger partial charge on any atom is 0.282 e. The summed E-state index contributed by atoms with van der Waals surface area (Å²) in [6.45, 7) is 16.0.